The fraction of sp³-hybridized carbons (Fsp3) is 0.333. The van der Waals surface area contributed by atoms with E-state index < -0.39 is 12.0 Å². The third kappa shape index (κ3) is 3.88. The average Bonchev–Trinajstić information content (AvgIpc) is 3.28. The molecule has 0 saturated carbocycles. The van der Waals surface area contributed by atoms with Crippen molar-refractivity contribution in [2.24, 2.45) is 0 Å². The summed E-state index contributed by atoms with van der Waals surface area (Å²) in [4.78, 5) is 18.7. The van der Waals surface area contributed by atoms with Crippen LogP contribution in [-0.2, 0) is 4.79 Å². The quantitative estimate of drug-likeness (QED) is 0.618. The molecule has 3 aromatic rings. The second-order valence-corrected chi connectivity index (χ2v) is 7.56. The SMILES string of the molecule is COc1cc(C(c2cnc3ccccc3c2)N2CCCC2C(=O)O)cc(OC)c1OC. The number of rotatable bonds is 7. The number of ether oxygens (including phenoxy) is 3. The number of methoxy groups -OCH3 is 3. The van der Waals surface area contributed by atoms with Gasteiger partial charge in [0.2, 0.25) is 5.75 Å². The fourth-order valence-corrected chi connectivity index (χ4v) is 4.44. The number of carboxylic acids is 1. The number of pyridine rings is 1. The molecule has 0 radical (unpaired) electrons. The Hall–Kier alpha value is -3.32. The molecule has 0 amide bonds. The van der Waals surface area contributed by atoms with Crippen molar-refractivity contribution in [1.29, 1.82) is 0 Å². The Morgan fingerprint density at radius 3 is 2.42 bits per heavy atom. The number of nitrogens with zero attached hydrogens (tertiary/aromatic N) is 2. The van der Waals surface area contributed by atoms with Crippen molar-refractivity contribution in [2.75, 3.05) is 27.9 Å². The molecule has 2 heterocycles. The predicted octanol–water partition coefficient (Wildman–Crippen LogP) is 3.90. The van der Waals surface area contributed by atoms with Gasteiger partial charge in [-0.15, -0.1) is 0 Å². The Morgan fingerprint density at radius 2 is 1.77 bits per heavy atom. The maximum absolute atomic E-state index is 12.0. The van der Waals surface area contributed by atoms with E-state index in [1.807, 2.05) is 47.5 Å². The normalized spacial score (nSPS) is 17.5. The van der Waals surface area contributed by atoms with Gasteiger partial charge in [-0.3, -0.25) is 14.7 Å². The molecule has 2 unspecified atom stereocenters. The lowest BCUT2D eigenvalue weighted by molar-refractivity contribution is -0.142. The van der Waals surface area contributed by atoms with Crippen molar-refractivity contribution in [3.05, 3.63) is 59.8 Å². The fourth-order valence-electron chi connectivity index (χ4n) is 4.44. The van der Waals surface area contributed by atoms with Crippen LogP contribution in [-0.4, -0.2) is 54.9 Å². The molecule has 1 aliphatic heterocycles. The number of hydrogen-bond acceptors (Lipinski definition) is 6. The Morgan fingerprint density at radius 1 is 1.06 bits per heavy atom. The first-order valence-corrected chi connectivity index (χ1v) is 10.2. The molecule has 162 valence electrons. The summed E-state index contributed by atoms with van der Waals surface area (Å²) in [5.41, 5.74) is 2.67. The molecule has 0 spiro atoms. The average molecular weight is 422 g/mol. The van der Waals surface area contributed by atoms with Crippen LogP contribution in [0.4, 0.5) is 0 Å². The number of hydrogen-bond donors (Lipinski definition) is 1. The van der Waals surface area contributed by atoms with Gasteiger partial charge in [-0.2, -0.15) is 0 Å². The number of carbonyl (C=O) groups is 1. The van der Waals surface area contributed by atoms with Gasteiger partial charge in [-0.25, -0.2) is 0 Å². The molecule has 4 rings (SSSR count). The van der Waals surface area contributed by atoms with E-state index in [2.05, 4.69) is 11.1 Å². The van der Waals surface area contributed by atoms with Gasteiger partial charge in [0.1, 0.15) is 6.04 Å². The van der Waals surface area contributed by atoms with Crippen molar-refractivity contribution in [1.82, 2.24) is 9.88 Å². The molecule has 1 aliphatic rings. The number of benzene rings is 2. The number of aliphatic carboxylic acids is 1. The number of para-hydroxylation sites is 1. The maximum atomic E-state index is 12.0. The molecular formula is C24H26N2O5. The molecule has 1 saturated heterocycles. The second-order valence-electron chi connectivity index (χ2n) is 7.56. The van der Waals surface area contributed by atoms with E-state index in [1.54, 1.807) is 21.3 Å². The van der Waals surface area contributed by atoms with Crippen LogP contribution in [0.2, 0.25) is 0 Å². The highest BCUT2D eigenvalue weighted by atomic mass is 16.5. The van der Waals surface area contributed by atoms with E-state index in [4.69, 9.17) is 14.2 Å². The number of fused-ring (bicyclic) bond motifs is 1. The highest BCUT2D eigenvalue weighted by Crippen LogP contribution is 2.43. The van der Waals surface area contributed by atoms with Crippen LogP contribution >= 0.6 is 0 Å². The van der Waals surface area contributed by atoms with Gasteiger partial charge in [0.25, 0.3) is 0 Å². The molecule has 1 N–H and O–H groups in total. The van der Waals surface area contributed by atoms with Gasteiger partial charge in [-0.05, 0) is 48.2 Å². The zero-order valence-corrected chi connectivity index (χ0v) is 17.9. The van der Waals surface area contributed by atoms with Crippen LogP contribution < -0.4 is 14.2 Å². The predicted molar refractivity (Wildman–Crippen MR) is 117 cm³/mol. The molecule has 2 atom stereocenters. The van der Waals surface area contributed by atoms with E-state index in [1.165, 1.54) is 0 Å². The largest absolute Gasteiger partial charge is 0.493 e. The molecule has 0 aliphatic carbocycles. The Labute approximate surface area is 181 Å². The molecule has 31 heavy (non-hydrogen) atoms. The minimum absolute atomic E-state index is 0.325. The smallest absolute Gasteiger partial charge is 0.320 e. The molecule has 1 fully saturated rings. The summed E-state index contributed by atoms with van der Waals surface area (Å²) >= 11 is 0. The Balaban J connectivity index is 1.91. The maximum Gasteiger partial charge on any atom is 0.320 e. The van der Waals surface area contributed by atoms with E-state index in [0.717, 1.165) is 28.5 Å². The Bertz CT molecular complexity index is 1080. The number of likely N-dealkylation sites (tertiary alicyclic amines) is 1. The van der Waals surface area contributed by atoms with Gasteiger partial charge >= 0.3 is 5.97 Å². The molecule has 7 nitrogen and oxygen atoms in total. The van der Waals surface area contributed by atoms with E-state index in [-0.39, 0.29) is 6.04 Å². The molecule has 2 aromatic carbocycles. The van der Waals surface area contributed by atoms with Crippen molar-refractivity contribution in [3.63, 3.8) is 0 Å². The number of aromatic nitrogens is 1. The molecular weight excluding hydrogens is 396 g/mol. The van der Waals surface area contributed by atoms with Gasteiger partial charge < -0.3 is 19.3 Å². The minimum atomic E-state index is -0.816. The minimum Gasteiger partial charge on any atom is -0.493 e. The lowest BCUT2D eigenvalue weighted by Gasteiger charge is -2.32. The van der Waals surface area contributed by atoms with Gasteiger partial charge in [0.05, 0.1) is 32.9 Å². The summed E-state index contributed by atoms with van der Waals surface area (Å²) in [5, 5.41) is 10.9. The monoisotopic (exact) mass is 422 g/mol. The van der Waals surface area contributed by atoms with Crippen LogP contribution in [0, 0.1) is 0 Å². The van der Waals surface area contributed by atoms with Crippen molar-refractivity contribution < 1.29 is 24.1 Å². The summed E-state index contributed by atoms with van der Waals surface area (Å²) in [7, 11) is 4.71. The van der Waals surface area contributed by atoms with Crippen molar-refractivity contribution >= 4 is 16.9 Å². The topological polar surface area (TPSA) is 81.1 Å². The highest BCUT2D eigenvalue weighted by molar-refractivity contribution is 5.79. The standard InChI is InChI=1S/C24H26N2O5/c1-29-20-12-16(13-21(30-2)23(20)31-3)22(26-10-6-9-19(26)24(27)28)17-11-15-7-4-5-8-18(15)25-14-17/h4-5,7-8,11-14,19,22H,6,9-10H2,1-3H3,(H,27,28). The van der Waals surface area contributed by atoms with Crippen LogP contribution in [0.3, 0.4) is 0 Å². The van der Waals surface area contributed by atoms with Crippen LogP contribution in [0.25, 0.3) is 10.9 Å². The van der Waals surface area contributed by atoms with E-state index >= 15 is 0 Å². The third-order valence-electron chi connectivity index (χ3n) is 5.84. The first-order valence-electron chi connectivity index (χ1n) is 10.2. The summed E-state index contributed by atoms with van der Waals surface area (Å²) < 4.78 is 16.6. The second kappa shape index (κ2) is 8.81. The number of carboxylic acid groups (broad SMARTS) is 1. The molecule has 7 heteroatoms. The highest BCUT2D eigenvalue weighted by Gasteiger charge is 2.37. The third-order valence-corrected chi connectivity index (χ3v) is 5.84. The molecule has 0 bridgehead atoms. The Kier molecular flexibility index (Phi) is 5.95. The van der Waals surface area contributed by atoms with E-state index in [9.17, 15) is 9.90 Å². The van der Waals surface area contributed by atoms with Gasteiger partial charge in [0, 0.05) is 18.1 Å². The lowest BCUT2D eigenvalue weighted by atomic mass is 9.95. The first-order chi connectivity index (χ1) is 15.1. The van der Waals surface area contributed by atoms with E-state index in [0.29, 0.717) is 30.2 Å². The zero-order valence-electron chi connectivity index (χ0n) is 17.9. The van der Waals surface area contributed by atoms with Crippen LogP contribution in [0.1, 0.15) is 30.0 Å². The van der Waals surface area contributed by atoms with Gasteiger partial charge in [0.15, 0.2) is 11.5 Å². The van der Waals surface area contributed by atoms with Crippen LogP contribution in [0.5, 0.6) is 17.2 Å². The lowest BCUT2D eigenvalue weighted by Crippen LogP contribution is -2.39. The summed E-state index contributed by atoms with van der Waals surface area (Å²) in [5.74, 6) is 0.743. The summed E-state index contributed by atoms with van der Waals surface area (Å²) in [6.07, 6.45) is 3.25. The van der Waals surface area contributed by atoms with Gasteiger partial charge in [-0.1, -0.05) is 18.2 Å². The van der Waals surface area contributed by atoms with Crippen LogP contribution in [0.15, 0.2) is 48.7 Å². The molecule has 1 aromatic heterocycles. The summed E-state index contributed by atoms with van der Waals surface area (Å²) in [6, 6.07) is 12.8. The van der Waals surface area contributed by atoms with Crippen molar-refractivity contribution in [3.8, 4) is 17.2 Å². The summed E-state index contributed by atoms with van der Waals surface area (Å²) in [6.45, 7) is 0.672. The van der Waals surface area contributed by atoms with Crippen molar-refractivity contribution in [2.45, 2.75) is 24.9 Å². The zero-order chi connectivity index (χ0) is 22.0. The first kappa shape index (κ1) is 20.9.